The molecule has 0 unspecified atom stereocenters. The van der Waals surface area contributed by atoms with E-state index in [4.69, 9.17) is 18.9 Å². The molecule has 2 aromatic heterocycles. The van der Waals surface area contributed by atoms with Crippen LogP contribution in [0.1, 0.15) is 22.8 Å². The van der Waals surface area contributed by atoms with Gasteiger partial charge in [0, 0.05) is 44.2 Å². The number of H-pyrrole nitrogens is 1. The van der Waals surface area contributed by atoms with E-state index in [9.17, 15) is 18.0 Å². The lowest BCUT2D eigenvalue weighted by molar-refractivity contribution is -0.136. The second-order valence-corrected chi connectivity index (χ2v) is 8.65. The molecule has 0 aliphatic carbocycles. The summed E-state index contributed by atoms with van der Waals surface area (Å²) in [4.78, 5) is 21.8. The van der Waals surface area contributed by atoms with Gasteiger partial charge in [-0.05, 0) is 19.1 Å². The molecule has 1 saturated heterocycles. The second-order valence-electron chi connectivity index (χ2n) is 8.65. The lowest BCUT2D eigenvalue weighted by Crippen LogP contribution is -2.41. The molecule has 13 heteroatoms. The fourth-order valence-corrected chi connectivity index (χ4v) is 4.44. The summed E-state index contributed by atoms with van der Waals surface area (Å²) in [6.45, 7) is 5.42. The Labute approximate surface area is 216 Å². The normalized spacial score (nSPS) is 15.5. The van der Waals surface area contributed by atoms with Crippen LogP contribution in [0.5, 0.6) is 11.5 Å². The van der Waals surface area contributed by atoms with E-state index < -0.39 is 11.7 Å². The van der Waals surface area contributed by atoms with Crippen molar-refractivity contribution in [1.29, 1.82) is 0 Å². The minimum atomic E-state index is -4.56. The topological polar surface area (TPSA) is 110 Å². The summed E-state index contributed by atoms with van der Waals surface area (Å²) in [5, 5.41) is 6.09. The molecule has 38 heavy (non-hydrogen) atoms. The van der Waals surface area contributed by atoms with Gasteiger partial charge in [0.25, 0.3) is 5.91 Å². The molecule has 1 fully saturated rings. The zero-order valence-corrected chi connectivity index (χ0v) is 20.7. The number of fused-ring (bicyclic) bond motifs is 2. The molecule has 3 aromatic rings. The van der Waals surface area contributed by atoms with E-state index >= 15 is 0 Å². The average molecular weight is 536 g/mol. The Balaban J connectivity index is 1.48. The minimum Gasteiger partial charge on any atom is -0.485 e. The molecular formula is C25H28F3N5O5. The van der Waals surface area contributed by atoms with Crippen molar-refractivity contribution in [2.75, 3.05) is 69.9 Å². The first kappa shape index (κ1) is 25.9. The van der Waals surface area contributed by atoms with Gasteiger partial charge in [0.1, 0.15) is 24.7 Å². The summed E-state index contributed by atoms with van der Waals surface area (Å²) in [5.41, 5.74) is 0.328. The number of aromatic nitrogens is 2. The molecule has 0 atom stereocenters. The minimum absolute atomic E-state index is 0.0615. The molecule has 3 N–H and O–H groups in total. The van der Waals surface area contributed by atoms with Crippen molar-refractivity contribution in [3.8, 4) is 11.5 Å². The van der Waals surface area contributed by atoms with Gasteiger partial charge >= 0.3 is 6.18 Å². The van der Waals surface area contributed by atoms with Gasteiger partial charge in [0.05, 0.1) is 42.0 Å². The molecular weight excluding hydrogens is 507 g/mol. The van der Waals surface area contributed by atoms with Crippen LogP contribution in [0.4, 0.5) is 30.4 Å². The van der Waals surface area contributed by atoms with Gasteiger partial charge in [-0.15, -0.1) is 0 Å². The molecule has 0 saturated carbocycles. The summed E-state index contributed by atoms with van der Waals surface area (Å²) in [6.07, 6.45) is -3.65. The van der Waals surface area contributed by atoms with Gasteiger partial charge in [-0.25, -0.2) is 4.98 Å². The number of nitrogens with one attached hydrogen (secondary N) is 3. The zero-order valence-electron chi connectivity index (χ0n) is 20.7. The van der Waals surface area contributed by atoms with Crippen molar-refractivity contribution in [2.45, 2.75) is 13.1 Å². The van der Waals surface area contributed by atoms with Gasteiger partial charge in [0.2, 0.25) is 0 Å². The standard InChI is InChI=1S/C25H28F3N5O5/c1-2-35-8-5-29-18-13-19(32-23-20(18)16(14-30-23)25(26,27)28)31-17-4-3-15(21-22(17)38-12-11-37-21)24(34)33-6-9-36-10-7-33/h3-4,13-14H,2,5-12H2,1H3,(H3,29,30,31,32). The van der Waals surface area contributed by atoms with Crippen LogP contribution in [0, 0.1) is 0 Å². The van der Waals surface area contributed by atoms with Gasteiger partial charge in [-0.3, -0.25) is 4.79 Å². The largest absolute Gasteiger partial charge is 0.485 e. The number of ether oxygens (including phenoxy) is 4. The smallest absolute Gasteiger partial charge is 0.418 e. The van der Waals surface area contributed by atoms with E-state index in [-0.39, 0.29) is 41.7 Å². The van der Waals surface area contributed by atoms with Crippen LogP contribution < -0.4 is 20.1 Å². The highest BCUT2D eigenvalue weighted by atomic mass is 19.4. The summed E-state index contributed by atoms with van der Waals surface area (Å²) in [7, 11) is 0. The van der Waals surface area contributed by atoms with E-state index in [1.54, 1.807) is 17.0 Å². The maximum absolute atomic E-state index is 13.7. The van der Waals surface area contributed by atoms with Crippen LogP contribution in [-0.4, -0.2) is 80.1 Å². The average Bonchev–Trinajstić information content (AvgIpc) is 3.36. The van der Waals surface area contributed by atoms with Crippen LogP contribution in [0.25, 0.3) is 11.0 Å². The summed E-state index contributed by atoms with van der Waals surface area (Å²) >= 11 is 0. The molecule has 10 nitrogen and oxygen atoms in total. The fraction of sp³-hybridized carbons (Fsp3) is 0.440. The van der Waals surface area contributed by atoms with Crippen LogP contribution >= 0.6 is 0 Å². The van der Waals surface area contributed by atoms with E-state index in [2.05, 4.69) is 20.6 Å². The van der Waals surface area contributed by atoms with Crippen LogP contribution in [0.15, 0.2) is 24.4 Å². The summed E-state index contributed by atoms with van der Waals surface area (Å²) < 4.78 is 63.3. The zero-order chi connectivity index (χ0) is 26.7. The Morgan fingerprint density at radius 1 is 1.13 bits per heavy atom. The van der Waals surface area contributed by atoms with E-state index in [1.807, 2.05) is 6.92 Å². The summed E-state index contributed by atoms with van der Waals surface area (Å²) in [5.74, 6) is 0.738. The molecule has 2 aliphatic heterocycles. The quantitative estimate of drug-likeness (QED) is 0.371. The highest BCUT2D eigenvalue weighted by Gasteiger charge is 2.35. The number of hydrogen-bond acceptors (Lipinski definition) is 8. The third-order valence-electron chi connectivity index (χ3n) is 6.19. The van der Waals surface area contributed by atoms with Gasteiger partial charge in [-0.2, -0.15) is 13.2 Å². The maximum atomic E-state index is 13.7. The number of nitrogens with zero attached hydrogens (tertiary/aromatic N) is 2. The number of carbonyl (C=O) groups excluding carboxylic acids is 1. The third-order valence-corrected chi connectivity index (χ3v) is 6.19. The number of aromatic amines is 1. The second kappa shape index (κ2) is 11.0. The third kappa shape index (κ3) is 5.29. The number of hydrogen-bond donors (Lipinski definition) is 3. The first-order chi connectivity index (χ1) is 18.4. The predicted octanol–water partition coefficient (Wildman–Crippen LogP) is 4.02. The Morgan fingerprint density at radius 2 is 1.89 bits per heavy atom. The Bertz CT molecular complexity index is 1310. The number of morpholine rings is 1. The van der Waals surface area contributed by atoms with E-state index in [1.165, 1.54) is 6.07 Å². The number of carbonyl (C=O) groups is 1. The van der Waals surface area contributed by atoms with Crippen molar-refractivity contribution in [1.82, 2.24) is 14.9 Å². The first-order valence-electron chi connectivity index (χ1n) is 12.3. The van der Waals surface area contributed by atoms with Crippen LogP contribution in [0.3, 0.4) is 0 Å². The predicted molar refractivity (Wildman–Crippen MR) is 134 cm³/mol. The van der Waals surface area contributed by atoms with E-state index in [0.29, 0.717) is 68.8 Å². The molecule has 2 aliphatic rings. The molecule has 1 amide bonds. The van der Waals surface area contributed by atoms with Gasteiger partial charge in [0.15, 0.2) is 11.5 Å². The molecule has 4 heterocycles. The molecule has 1 aromatic carbocycles. The van der Waals surface area contributed by atoms with Gasteiger partial charge < -0.3 is 39.5 Å². The molecule has 204 valence electrons. The van der Waals surface area contributed by atoms with Crippen LogP contribution in [0.2, 0.25) is 0 Å². The summed E-state index contributed by atoms with van der Waals surface area (Å²) in [6, 6.07) is 4.81. The SMILES string of the molecule is CCOCCNc1cc(Nc2ccc(C(=O)N3CCOCC3)c3c2OCCO3)nc2[nH]cc(C(F)(F)F)c12. The van der Waals surface area contributed by atoms with Crippen molar-refractivity contribution >= 4 is 34.1 Å². The van der Waals surface area contributed by atoms with E-state index in [0.717, 1.165) is 6.20 Å². The number of amides is 1. The number of rotatable bonds is 8. The lowest BCUT2D eigenvalue weighted by Gasteiger charge is -2.29. The first-order valence-corrected chi connectivity index (χ1v) is 12.3. The van der Waals surface area contributed by atoms with Gasteiger partial charge in [-0.1, -0.05) is 0 Å². The number of benzene rings is 1. The van der Waals surface area contributed by atoms with Crippen molar-refractivity contribution in [3.05, 3.63) is 35.5 Å². The number of alkyl halides is 3. The highest BCUT2D eigenvalue weighted by Crippen LogP contribution is 2.43. The van der Waals surface area contributed by atoms with Crippen molar-refractivity contribution in [3.63, 3.8) is 0 Å². The molecule has 5 rings (SSSR count). The monoisotopic (exact) mass is 535 g/mol. The fourth-order valence-electron chi connectivity index (χ4n) is 4.44. The Hall–Kier alpha value is -3.71. The number of pyridine rings is 1. The Kier molecular flexibility index (Phi) is 7.47. The highest BCUT2D eigenvalue weighted by molar-refractivity contribution is 5.99. The number of anilines is 3. The van der Waals surface area contributed by atoms with Crippen molar-refractivity contribution in [2.24, 2.45) is 0 Å². The molecule has 0 spiro atoms. The van der Waals surface area contributed by atoms with Crippen molar-refractivity contribution < 1.29 is 36.9 Å². The molecule has 0 radical (unpaired) electrons. The lowest BCUT2D eigenvalue weighted by atomic mass is 10.1. The molecule has 0 bridgehead atoms. The van der Waals surface area contributed by atoms with Crippen LogP contribution in [-0.2, 0) is 15.7 Å². The Morgan fingerprint density at radius 3 is 2.63 bits per heavy atom. The maximum Gasteiger partial charge on any atom is 0.418 e. The number of halogens is 3.